The van der Waals surface area contributed by atoms with Gasteiger partial charge in [-0.1, -0.05) is 36.4 Å². The van der Waals surface area contributed by atoms with Gasteiger partial charge in [0.05, 0.1) is 6.04 Å². The van der Waals surface area contributed by atoms with E-state index in [1.54, 1.807) is 0 Å². The van der Waals surface area contributed by atoms with Gasteiger partial charge in [-0.2, -0.15) is 0 Å². The zero-order valence-corrected chi connectivity index (χ0v) is 13.9. The van der Waals surface area contributed by atoms with Crippen molar-refractivity contribution in [1.29, 1.82) is 0 Å². The number of para-hydroxylation sites is 2. The van der Waals surface area contributed by atoms with Crippen molar-refractivity contribution in [2.75, 3.05) is 17.2 Å². The zero-order chi connectivity index (χ0) is 17.5. The molecule has 3 rings (SSSR count). The molecule has 4 amide bonds. The summed E-state index contributed by atoms with van der Waals surface area (Å²) in [4.78, 5) is 24.1. The number of rotatable bonds is 6. The lowest BCUT2D eigenvalue weighted by molar-refractivity contribution is 0.242. The predicted molar refractivity (Wildman–Crippen MR) is 98.6 cm³/mol. The summed E-state index contributed by atoms with van der Waals surface area (Å²) in [5, 5.41) is 11.4. The predicted octanol–water partition coefficient (Wildman–Crippen LogP) is 3.41. The van der Waals surface area contributed by atoms with E-state index in [2.05, 4.69) is 21.3 Å². The second kappa shape index (κ2) is 8.19. The Kier molecular flexibility index (Phi) is 5.51. The molecule has 0 unspecified atom stereocenters. The Labute approximate surface area is 147 Å². The van der Waals surface area contributed by atoms with Gasteiger partial charge in [-0.15, -0.1) is 0 Å². The molecule has 1 aliphatic carbocycles. The van der Waals surface area contributed by atoms with Gasteiger partial charge in [0.2, 0.25) is 0 Å². The molecule has 1 fully saturated rings. The first-order chi connectivity index (χ1) is 12.2. The Morgan fingerprint density at radius 2 is 1.36 bits per heavy atom. The first-order valence-electron chi connectivity index (χ1n) is 8.43. The van der Waals surface area contributed by atoms with Crippen LogP contribution in [0.3, 0.4) is 0 Å². The van der Waals surface area contributed by atoms with Gasteiger partial charge in [0.15, 0.2) is 0 Å². The Morgan fingerprint density at radius 3 is 1.88 bits per heavy atom. The normalized spacial score (nSPS) is 14.2. The highest BCUT2D eigenvalue weighted by molar-refractivity contribution is 5.90. The third kappa shape index (κ3) is 5.53. The number of hydrogen-bond acceptors (Lipinski definition) is 2. The van der Waals surface area contributed by atoms with Crippen molar-refractivity contribution in [3.63, 3.8) is 0 Å². The van der Waals surface area contributed by atoms with Crippen molar-refractivity contribution < 1.29 is 9.59 Å². The molecule has 0 radical (unpaired) electrons. The third-order valence-corrected chi connectivity index (χ3v) is 4.05. The number of hydrogen-bond donors (Lipinski definition) is 4. The molecule has 1 atom stereocenters. The van der Waals surface area contributed by atoms with Crippen LogP contribution in [0.15, 0.2) is 60.7 Å². The van der Waals surface area contributed by atoms with E-state index in [0.717, 1.165) is 24.2 Å². The van der Waals surface area contributed by atoms with E-state index in [0.29, 0.717) is 12.5 Å². The largest absolute Gasteiger partial charge is 0.336 e. The molecular formula is C19H22N4O2. The van der Waals surface area contributed by atoms with Crippen LogP contribution in [0, 0.1) is 5.92 Å². The number of benzene rings is 2. The summed E-state index contributed by atoms with van der Waals surface area (Å²) in [5.74, 6) is 0.415. The van der Waals surface area contributed by atoms with E-state index in [-0.39, 0.29) is 18.1 Å². The summed E-state index contributed by atoms with van der Waals surface area (Å²) >= 11 is 0. The third-order valence-electron chi connectivity index (χ3n) is 4.05. The summed E-state index contributed by atoms with van der Waals surface area (Å²) < 4.78 is 0. The molecule has 25 heavy (non-hydrogen) atoms. The SMILES string of the molecule is O=C(NC[C@H](NC(=O)Nc1ccccc1)C1CC1)Nc1ccccc1. The maximum atomic E-state index is 12.1. The van der Waals surface area contributed by atoms with Crippen molar-refractivity contribution >= 4 is 23.4 Å². The van der Waals surface area contributed by atoms with Crippen molar-refractivity contribution in [3.05, 3.63) is 60.7 Å². The molecule has 1 saturated carbocycles. The molecule has 0 aromatic heterocycles. The molecule has 6 heteroatoms. The highest BCUT2D eigenvalue weighted by Crippen LogP contribution is 2.32. The molecule has 2 aromatic rings. The molecule has 1 aliphatic rings. The van der Waals surface area contributed by atoms with Crippen LogP contribution in [-0.4, -0.2) is 24.6 Å². The first-order valence-corrected chi connectivity index (χ1v) is 8.43. The van der Waals surface area contributed by atoms with E-state index in [9.17, 15) is 9.59 Å². The molecule has 0 heterocycles. The van der Waals surface area contributed by atoms with Crippen molar-refractivity contribution in [1.82, 2.24) is 10.6 Å². The van der Waals surface area contributed by atoms with Crippen LogP contribution in [0.4, 0.5) is 21.0 Å². The Hall–Kier alpha value is -3.02. The average Bonchev–Trinajstić information content (AvgIpc) is 3.45. The van der Waals surface area contributed by atoms with E-state index in [4.69, 9.17) is 0 Å². The van der Waals surface area contributed by atoms with Crippen LogP contribution in [0.1, 0.15) is 12.8 Å². The van der Waals surface area contributed by atoms with Gasteiger partial charge < -0.3 is 21.3 Å². The quantitative estimate of drug-likeness (QED) is 0.651. The van der Waals surface area contributed by atoms with Gasteiger partial charge in [-0.25, -0.2) is 9.59 Å². The molecule has 0 bridgehead atoms. The summed E-state index contributed by atoms with van der Waals surface area (Å²) in [7, 11) is 0. The topological polar surface area (TPSA) is 82.3 Å². The maximum absolute atomic E-state index is 12.1. The highest BCUT2D eigenvalue weighted by Gasteiger charge is 2.32. The number of urea groups is 2. The van der Waals surface area contributed by atoms with Crippen LogP contribution in [0.5, 0.6) is 0 Å². The van der Waals surface area contributed by atoms with E-state index in [1.165, 1.54) is 0 Å². The Balaban J connectivity index is 1.46. The van der Waals surface area contributed by atoms with Crippen LogP contribution in [0.2, 0.25) is 0 Å². The Bertz CT molecular complexity index is 702. The van der Waals surface area contributed by atoms with E-state index >= 15 is 0 Å². The molecule has 2 aromatic carbocycles. The lowest BCUT2D eigenvalue weighted by Crippen LogP contribution is -2.47. The summed E-state index contributed by atoms with van der Waals surface area (Å²) in [6.45, 7) is 0.394. The minimum absolute atomic E-state index is 0.0785. The summed E-state index contributed by atoms with van der Waals surface area (Å²) in [5.41, 5.74) is 1.47. The molecule has 0 saturated heterocycles. The molecule has 4 N–H and O–H groups in total. The molecule has 0 aliphatic heterocycles. The van der Waals surface area contributed by atoms with Crippen molar-refractivity contribution in [3.8, 4) is 0 Å². The summed E-state index contributed by atoms with van der Waals surface area (Å²) in [6, 6.07) is 17.9. The molecule has 0 spiro atoms. The maximum Gasteiger partial charge on any atom is 0.319 e. The lowest BCUT2D eigenvalue weighted by atomic mass is 10.2. The number of carbonyl (C=O) groups excluding carboxylic acids is 2. The van der Waals surface area contributed by atoms with Crippen LogP contribution >= 0.6 is 0 Å². The number of nitrogens with one attached hydrogen (secondary N) is 4. The van der Waals surface area contributed by atoms with E-state index < -0.39 is 0 Å². The second-order valence-electron chi connectivity index (χ2n) is 6.11. The fraction of sp³-hybridized carbons (Fsp3) is 0.263. The highest BCUT2D eigenvalue weighted by atomic mass is 16.2. The molecular weight excluding hydrogens is 316 g/mol. The monoisotopic (exact) mass is 338 g/mol. The number of amides is 4. The van der Waals surface area contributed by atoms with Crippen LogP contribution < -0.4 is 21.3 Å². The fourth-order valence-electron chi connectivity index (χ4n) is 2.59. The minimum Gasteiger partial charge on any atom is -0.336 e. The standard InChI is InChI=1S/C19H22N4O2/c24-18(21-15-7-3-1-4-8-15)20-13-17(14-11-12-14)23-19(25)22-16-9-5-2-6-10-16/h1-10,14,17H,11-13H2,(H2,20,21,24)(H2,22,23,25)/t17-/m0/s1. The molecule has 6 nitrogen and oxygen atoms in total. The minimum atomic E-state index is -0.276. The van der Waals surface area contributed by atoms with Gasteiger partial charge >= 0.3 is 12.1 Å². The Morgan fingerprint density at radius 1 is 0.840 bits per heavy atom. The van der Waals surface area contributed by atoms with Crippen LogP contribution in [-0.2, 0) is 0 Å². The number of carbonyl (C=O) groups is 2. The molecule has 130 valence electrons. The van der Waals surface area contributed by atoms with Gasteiger partial charge in [-0.3, -0.25) is 0 Å². The lowest BCUT2D eigenvalue weighted by Gasteiger charge is -2.19. The number of anilines is 2. The van der Waals surface area contributed by atoms with E-state index in [1.807, 2.05) is 60.7 Å². The first kappa shape index (κ1) is 16.8. The second-order valence-corrected chi connectivity index (χ2v) is 6.11. The smallest absolute Gasteiger partial charge is 0.319 e. The van der Waals surface area contributed by atoms with Gasteiger partial charge in [0, 0.05) is 17.9 Å². The van der Waals surface area contributed by atoms with Crippen molar-refractivity contribution in [2.45, 2.75) is 18.9 Å². The van der Waals surface area contributed by atoms with Gasteiger partial charge in [0.25, 0.3) is 0 Å². The fourth-order valence-corrected chi connectivity index (χ4v) is 2.59. The summed E-state index contributed by atoms with van der Waals surface area (Å²) in [6.07, 6.45) is 2.14. The van der Waals surface area contributed by atoms with Crippen molar-refractivity contribution in [2.24, 2.45) is 5.92 Å². The van der Waals surface area contributed by atoms with Gasteiger partial charge in [0.1, 0.15) is 0 Å². The zero-order valence-electron chi connectivity index (χ0n) is 13.9. The average molecular weight is 338 g/mol. The van der Waals surface area contributed by atoms with Crippen LogP contribution in [0.25, 0.3) is 0 Å². The van der Waals surface area contributed by atoms with Gasteiger partial charge in [-0.05, 0) is 43.0 Å².